The van der Waals surface area contributed by atoms with Crippen molar-refractivity contribution >= 4 is 0 Å². The summed E-state index contributed by atoms with van der Waals surface area (Å²) in [5, 5.41) is 7.13. The molecule has 2 unspecified atom stereocenters. The van der Waals surface area contributed by atoms with Gasteiger partial charge in [-0.1, -0.05) is 74.5 Å². The lowest BCUT2D eigenvalue weighted by Crippen LogP contribution is -2.26. The standard InChI is InChI=1S/C21H30N2/c1-18(20-10-5-3-6-11-20)16-22-14-9-15-23-17-19(2)21-12-7-4-8-13-21/h3-8,10-13,18-19,22-23H,9,14-17H2,1-2H3. The molecule has 0 amide bonds. The Balaban J connectivity index is 1.51. The normalized spacial score (nSPS) is 13.7. The van der Waals surface area contributed by atoms with Crippen LogP contribution in [0.3, 0.4) is 0 Å². The molecular formula is C21H30N2. The van der Waals surface area contributed by atoms with Gasteiger partial charge >= 0.3 is 0 Å². The molecule has 2 aromatic rings. The van der Waals surface area contributed by atoms with Crippen LogP contribution in [0.4, 0.5) is 0 Å². The molecule has 23 heavy (non-hydrogen) atoms. The minimum Gasteiger partial charge on any atom is -0.316 e. The van der Waals surface area contributed by atoms with E-state index in [-0.39, 0.29) is 0 Å². The largest absolute Gasteiger partial charge is 0.316 e. The Bertz CT molecular complexity index is 475. The molecule has 124 valence electrons. The van der Waals surface area contributed by atoms with Gasteiger partial charge in [-0.3, -0.25) is 0 Å². The third kappa shape index (κ3) is 6.55. The fraction of sp³-hybridized carbons (Fsp3) is 0.429. The molecule has 0 aliphatic rings. The van der Waals surface area contributed by atoms with Gasteiger partial charge in [-0.05, 0) is 42.5 Å². The van der Waals surface area contributed by atoms with E-state index in [9.17, 15) is 0 Å². The maximum atomic E-state index is 3.56. The summed E-state index contributed by atoms with van der Waals surface area (Å²) in [4.78, 5) is 0. The first-order chi connectivity index (χ1) is 11.3. The smallest absolute Gasteiger partial charge is 0.00174 e. The molecule has 0 radical (unpaired) electrons. The minimum absolute atomic E-state index is 0.572. The summed E-state index contributed by atoms with van der Waals surface area (Å²) in [5.41, 5.74) is 2.82. The second-order valence-electron chi connectivity index (χ2n) is 6.39. The summed E-state index contributed by atoms with van der Waals surface area (Å²) < 4.78 is 0. The van der Waals surface area contributed by atoms with E-state index in [1.54, 1.807) is 0 Å². The molecule has 0 bridgehead atoms. The topological polar surface area (TPSA) is 24.1 Å². The Morgan fingerprint density at radius 1 is 0.652 bits per heavy atom. The molecule has 0 heterocycles. The van der Waals surface area contributed by atoms with Gasteiger partial charge in [-0.25, -0.2) is 0 Å². The average molecular weight is 310 g/mol. The van der Waals surface area contributed by atoms with Crippen molar-refractivity contribution in [3.63, 3.8) is 0 Å². The van der Waals surface area contributed by atoms with E-state index < -0.39 is 0 Å². The van der Waals surface area contributed by atoms with Crippen LogP contribution in [0.15, 0.2) is 60.7 Å². The summed E-state index contributed by atoms with van der Waals surface area (Å²) >= 11 is 0. The van der Waals surface area contributed by atoms with E-state index in [1.165, 1.54) is 17.5 Å². The van der Waals surface area contributed by atoms with Crippen LogP contribution in [0.25, 0.3) is 0 Å². The zero-order valence-corrected chi connectivity index (χ0v) is 14.5. The Kier molecular flexibility index (Phi) is 7.85. The summed E-state index contributed by atoms with van der Waals surface area (Å²) in [6.45, 7) is 8.80. The molecule has 0 aliphatic carbocycles. The minimum atomic E-state index is 0.572. The van der Waals surface area contributed by atoms with Crippen molar-refractivity contribution in [1.29, 1.82) is 0 Å². The van der Waals surface area contributed by atoms with Crippen molar-refractivity contribution in [2.75, 3.05) is 26.2 Å². The third-order valence-corrected chi connectivity index (χ3v) is 4.35. The SMILES string of the molecule is CC(CNCCCNCC(C)c1ccccc1)c1ccccc1. The van der Waals surface area contributed by atoms with Crippen LogP contribution < -0.4 is 10.6 Å². The number of rotatable bonds is 10. The zero-order valence-electron chi connectivity index (χ0n) is 14.5. The summed E-state index contributed by atoms with van der Waals surface area (Å²) in [7, 11) is 0. The number of nitrogens with one attached hydrogen (secondary N) is 2. The zero-order chi connectivity index (χ0) is 16.3. The van der Waals surface area contributed by atoms with Gasteiger partial charge < -0.3 is 10.6 Å². The van der Waals surface area contributed by atoms with Crippen molar-refractivity contribution in [2.24, 2.45) is 0 Å². The Hall–Kier alpha value is -1.64. The maximum absolute atomic E-state index is 3.56. The Morgan fingerprint density at radius 3 is 1.43 bits per heavy atom. The molecule has 0 aliphatic heterocycles. The first-order valence-electron chi connectivity index (χ1n) is 8.78. The van der Waals surface area contributed by atoms with Crippen molar-refractivity contribution in [2.45, 2.75) is 32.1 Å². The second-order valence-corrected chi connectivity index (χ2v) is 6.39. The van der Waals surface area contributed by atoms with E-state index in [0.29, 0.717) is 11.8 Å². The summed E-state index contributed by atoms with van der Waals surface area (Å²) in [6, 6.07) is 21.4. The molecule has 2 heteroatoms. The highest BCUT2D eigenvalue weighted by molar-refractivity contribution is 5.19. The highest BCUT2D eigenvalue weighted by atomic mass is 14.9. The van der Waals surface area contributed by atoms with Crippen LogP contribution >= 0.6 is 0 Å². The molecular weight excluding hydrogens is 280 g/mol. The van der Waals surface area contributed by atoms with Gasteiger partial charge in [0, 0.05) is 13.1 Å². The van der Waals surface area contributed by atoms with Gasteiger partial charge in [-0.2, -0.15) is 0 Å². The fourth-order valence-corrected chi connectivity index (χ4v) is 2.77. The van der Waals surface area contributed by atoms with Crippen molar-refractivity contribution in [3.05, 3.63) is 71.8 Å². The van der Waals surface area contributed by atoms with Gasteiger partial charge in [0.15, 0.2) is 0 Å². The predicted molar refractivity (Wildman–Crippen MR) is 100 cm³/mol. The van der Waals surface area contributed by atoms with Crippen molar-refractivity contribution in [1.82, 2.24) is 10.6 Å². The lowest BCUT2D eigenvalue weighted by molar-refractivity contribution is 0.553. The van der Waals surface area contributed by atoms with E-state index in [2.05, 4.69) is 85.1 Å². The van der Waals surface area contributed by atoms with E-state index >= 15 is 0 Å². The first kappa shape index (κ1) is 17.7. The van der Waals surface area contributed by atoms with Gasteiger partial charge in [0.25, 0.3) is 0 Å². The van der Waals surface area contributed by atoms with E-state index in [0.717, 1.165) is 26.2 Å². The molecule has 0 aromatic heterocycles. The lowest BCUT2D eigenvalue weighted by Gasteiger charge is -2.14. The molecule has 2 nitrogen and oxygen atoms in total. The molecule has 2 N–H and O–H groups in total. The third-order valence-electron chi connectivity index (χ3n) is 4.35. The van der Waals surface area contributed by atoms with Gasteiger partial charge in [0.1, 0.15) is 0 Å². The van der Waals surface area contributed by atoms with Crippen molar-refractivity contribution in [3.8, 4) is 0 Å². The van der Waals surface area contributed by atoms with Crippen LogP contribution in [0.2, 0.25) is 0 Å². The molecule has 0 fully saturated rings. The lowest BCUT2D eigenvalue weighted by atomic mass is 10.0. The first-order valence-corrected chi connectivity index (χ1v) is 8.78. The summed E-state index contributed by atoms with van der Waals surface area (Å²) in [6.07, 6.45) is 1.17. The van der Waals surface area contributed by atoms with E-state index in [4.69, 9.17) is 0 Å². The highest BCUT2D eigenvalue weighted by Gasteiger charge is 2.05. The van der Waals surface area contributed by atoms with Gasteiger partial charge in [0.05, 0.1) is 0 Å². The molecule has 2 rings (SSSR count). The molecule has 0 saturated carbocycles. The Morgan fingerprint density at radius 2 is 1.04 bits per heavy atom. The second kappa shape index (κ2) is 10.2. The van der Waals surface area contributed by atoms with Gasteiger partial charge in [0.2, 0.25) is 0 Å². The van der Waals surface area contributed by atoms with Crippen LogP contribution in [0, 0.1) is 0 Å². The number of benzene rings is 2. The maximum Gasteiger partial charge on any atom is 0.00174 e. The number of hydrogen-bond donors (Lipinski definition) is 2. The van der Waals surface area contributed by atoms with Gasteiger partial charge in [-0.15, -0.1) is 0 Å². The van der Waals surface area contributed by atoms with Crippen molar-refractivity contribution < 1.29 is 0 Å². The quantitative estimate of drug-likeness (QED) is 0.644. The molecule has 0 saturated heterocycles. The fourth-order valence-electron chi connectivity index (χ4n) is 2.77. The van der Waals surface area contributed by atoms with Crippen LogP contribution in [-0.2, 0) is 0 Å². The average Bonchev–Trinajstić information content (AvgIpc) is 2.62. The molecule has 2 atom stereocenters. The van der Waals surface area contributed by atoms with Crippen LogP contribution in [-0.4, -0.2) is 26.2 Å². The highest BCUT2D eigenvalue weighted by Crippen LogP contribution is 2.13. The number of hydrogen-bond acceptors (Lipinski definition) is 2. The summed E-state index contributed by atoms with van der Waals surface area (Å²) in [5.74, 6) is 1.14. The molecule has 0 spiro atoms. The van der Waals surface area contributed by atoms with E-state index in [1.807, 2.05) is 0 Å². The molecule has 2 aromatic carbocycles. The van der Waals surface area contributed by atoms with Crippen LogP contribution in [0.5, 0.6) is 0 Å². The monoisotopic (exact) mass is 310 g/mol. The van der Waals surface area contributed by atoms with Crippen LogP contribution in [0.1, 0.15) is 43.2 Å². The predicted octanol–water partition coefficient (Wildman–Crippen LogP) is 4.16. The Labute approximate surface area is 141 Å².